The summed E-state index contributed by atoms with van der Waals surface area (Å²) in [4.78, 5) is 11.7. The Hall–Kier alpha value is -1.91. The van der Waals surface area contributed by atoms with E-state index in [0.29, 0.717) is 6.54 Å². The Labute approximate surface area is 125 Å². The SMILES string of the molecule is CCCNC(=O)C(C)NS(=O)(=O)c1ccc(CC#N)cc1. The van der Waals surface area contributed by atoms with E-state index in [0.717, 1.165) is 12.0 Å². The molecule has 0 spiro atoms. The van der Waals surface area contributed by atoms with Gasteiger partial charge in [-0.2, -0.15) is 9.98 Å². The van der Waals surface area contributed by atoms with Gasteiger partial charge >= 0.3 is 0 Å². The molecule has 0 saturated carbocycles. The van der Waals surface area contributed by atoms with E-state index < -0.39 is 16.1 Å². The number of sulfonamides is 1. The molecule has 1 amide bonds. The van der Waals surface area contributed by atoms with Crippen molar-refractivity contribution >= 4 is 15.9 Å². The lowest BCUT2D eigenvalue weighted by molar-refractivity contribution is -0.122. The maximum absolute atomic E-state index is 12.1. The second-order valence-electron chi connectivity index (χ2n) is 4.61. The smallest absolute Gasteiger partial charge is 0.241 e. The van der Waals surface area contributed by atoms with Crippen molar-refractivity contribution in [2.75, 3.05) is 6.54 Å². The van der Waals surface area contributed by atoms with Crippen LogP contribution in [0.2, 0.25) is 0 Å². The summed E-state index contributed by atoms with van der Waals surface area (Å²) < 4.78 is 26.6. The van der Waals surface area contributed by atoms with Gasteiger partial charge in [0.25, 0.3) is 0 Å². The Balaban J connectivity index is 2.77. The third kappa shape index (κ3) is 5.17. The predicted molar refractivity (Wildman–Crippen MR) is 78.8 cm³/mol. The highest BCUT2D eigenvalue weighted by atomic mass is 32.2. The normalized spacial score (nSPS) is 12.4. The molecule has 0 aliphatic heterocycles. The Kier molecular flexibility index (Phi) is 6.34. The first-order valence-electron chi connectivity index (χ1n) is 6.66. The number of benzene rings is 1. The van der Waals surface area contributed by atoms with E-state index in [9.17, 15) is 13.2 Å². The molecule has 1 aromatic rings. The number of nitriles is 1. The first-order chi connectivity index (χ1) is 9.90. The van der Waals surface area contributed by atoms with Crippen LogP contribution in [-0.4, -0.2) is 26.9 Å². The highest BCUT2D eigenvalue weighted by Gasteiger charge is 2.21. The summed E-state index contributed by atoms with van der Waals surface area (Å²) in [5, 5.41) is 11.2. The van der Waals surface area contributed by atoms with Gasteiger partial charge in [0.15, 0.2) is 0 Å². The fourth-order valence-electron chi connectivity index (χ4n) is 1.63. The molecule has 21 heavy (non-hydrogen) atoms. The van der Waals surface area contributed by atoms with Crippen molar-refractivity contribution < 1.29 is 13.2 Å². The number of hydrogen-bond donors (Lipinski definition) is 2. The Morgan fingerprint density at radius 1 is 1.33 bits per heavy atom. The van der Waals surface area contributed by atoms with Crippen molar-refractivity contribution in [1.82, 2.24) is 10.0 Å². The van der Waals surface area contributed by atoms with Crippen molar-refractivity contribution in [2.24, 2.45) is 0 Å². The number of carbonyl (C=O) groups excluding carboxylic acids is 1. The van der Waals surface area contributed by atoms with Crippen molar-refractivity contribution in [3.05, 3.63) is 29.8 Å². The van der Waals surface area contributed by atoms with E-state index in [-0.39, 0.29) is 17.2 Å². The molecule has 7 heteroatoms. The summed E-state index contributed by atoms with van der Waals surface area (Å²) in [6.07, 6.45) is 1.01. The monoisotopic (exact) mass is 309 g/mol. The average Bonchev–Trinajstić information content (AvgIpc) is 2.45. The second-order valence-corrected chi connectivity index (χ2v) is 6.33. The lowest BCUT2D eigenvalue weighted by Gasteiger charge is -2.14. The van der Waals surface area contributed by atoms with Gasteiger partial charge in [0.05, 0.1) is 23.4 Å². The minimum atomic E-state index is -3.76. The van der Waals surface area contributed by atoms with Crippen molar-refractivity contribution in [3.8, 4) is 6.07 Å². The molecular weight excluding hydrogens is 290 g/mol. The number of amides is 1. The molecule has 0 bridgehead atoms. The summed E-state index contributed by atoms with van der Waals surface area (Å²) in [5.41, 5.74) is 0.741. The fraction of sp³-hybridized carbons (Fsp3) is 0.429. The summed E-state index contributed by atoms with van der Waals surface area (Å²) in [6.45, 7) is 3.91. The van der Waals surface area contributed by atoms with Gasteiger partial charge in [-0.25, -0.2) is 8.42 Å². The third-order valence-electron chi connectivity index (χ3n) is 2.79. The number of nitrogens with one attached hydrogen (secondary N) is 2. The lowest BCUT2D eigenvalue weighted by Crippen LogP contribution is -2.44. The van der Waals surface area contributed by atoms with E-state index in [2.05, 4.69) is 10.0 Å². The van der Waals surface area contributed by atoms with Crippen LogP contribution in [0.15, 0.2) is 29.2 Å². The zero-order valence-corrected chi connectivity index (χ0v) is 12.9. The van der Waals surface area contributed by atoms with Gasteiger partial charge < -0.3 is 5.32 Å². The van der Waals surface area contributed by atoms with Crippen LogP contribution in [0.1, 0.15) is 25.8 Å². The molecule has 1 aromatic carbocycles. The second kappa shape index (κ2) is 7.76. The van der Waals surface area contributed by atoms with E-state index in [1.807, 2.05) is 13.0 Å². The summed E-state index contributed by atoms with van der Waals surface area (Å²) >= 11 is 0. The fourth-order valence-corrected chi connectivity index (χ4v) is 2.84. The maximum atomic E-state index is 12.1. The van der Waals surface area contributed by atoms with Crippen LogP contribution in [-0.2, 0) is 21.2 Å². The van der Waals surface area contributed by atoms with E-state index in [4.69, 9.17) is 5.26 Å². The van der Waals surface area contributed by atoms with Crippen molar-refractivity contribution in [1.29, 1.82) is 5.26 Å². The van der Waals surface area contributed by atoms with E-state index in [1.165, 1.54) is 19.1 Å². The summed E-state index contributed by atoms with van der Waals surface area (Å²) in [6, 6.07) is 7.15. The van der Waals surface area contributed by atoms with Gasteiger partial charge in [-0.3, -0.25) is 4.79 Å². The molecule has 1 unspecified atom stereocenters. The first-order valence-corrected chi connectivity index (χ1v) is 8.15. The number of rotatable bonds is 7. The molecule has 0 fully saturated rings. The molecule has 0 aliphatic carbocycles. The van der Waals surface area contributed by atoms with Gasteiger partial charge in [-0.1, -0.05) is 19.1 Å². The highest BCUT2D eigenvalue weighted by molar-refractivity contribution is 7.89. The van der Waals surface area contributed by atoms with Crippen LogP contribution >= 0.6 is 0 Å². The number of nitrogens with zero attached hydrogens (tertiary/aromatic N) is 1. The van der Waals surface area contributed by atoms with Crippen LogP contribution in [0, 0.1) is 11.3 Å². The third-order valence-corrected chi connectivity index (χ3v) is 4.35. The Bertz CT molecular complexity index is 618. The van der Waals surface area contributed by atoms with E-state index in [1.54, 1.807) is 12.1 Å². The Morgan fingerprint density at radius 3 is 2.48 bits per heavy atom. The standard InChI is InChI=1S/C14H19N3O3S/c1-3-10-16-14(18)11(2)17-21(19,20)13-6-4-12(5-7-13)8-9-15/h4-7,11,17H,3,8,10H2,1-2H3,(H,16,18). The van der Waals surface area contributed by atoms with E-state index >= 15 is 0 Å². The topological polar surface area (TPSA) is 99.1 Å². The quantitative estimate of drug-likeness (QED) is 0.783. The molecular formula is C14H19N3O3S. The molecule has 114 valence electrons. The maximum Gasteiger partial charge on any atom is 0.241 e. The van der Waals surface area contributed by atoms with Crippen molar-refractivity contribution in [3.63, 3.8) is 0 Å². The lowest BCUT2D eigenvalue weighted by atomic mass is 10.2. The highest BCUT2D eigenvalue weighted by Crippen LogP contribution is 2.11. The summed E-state index contributed by atoms with van der Waals surface area (Å²) in [7, 11) is -3.76. The first kappa shape index (κ1) is 17.1. The zero-order chi connectivity index (χ0) is 15.9. The van der Waals surface area contributed by atoms with Gasteiger partial charge in [-0.05, 0) is 31.0 Å². The molecule has 1 rings (SSSR count). The Morgan fingerprint density at radius 2 is 1.95 bits per heavy atom. The molecule has 0 aliphatic rings. The molecule has 0 aromatic heterocycles. The molecule has 0 radical (unpaired) electrons. The molecule has 6 nitrogen and oxygen atoms in total. The largest absolute Gasteiger partial charge is 0.355 e. The number of carbonyl (C=O) groups is 1. The minimum Gasteiger partial charge on any atom is -0.355 e. The van der Waals surface area contributed by atoms with Crippen LogP contribution in [0.3, 0.4) is 0 Å². The molecule has 2 N–H and O–H groups in total. The molecule has 1 atom stereocenters. The molecule has 0 heterocycles. The predicted octanol–water partition coefficient (Wildman–Crippen LogP) is 0.946. The van der Waals surface area contributed by atoms with Crippen LogP contribution in [0.5, 0.6) is 0 Å². The average molecular weight is 309 g/mol. The van der Waals surface area contributed by atoms with Gasteiger partial charge in [0, 0.05) is 6.54 Å². The summed E-state index contributed by atoms with van der Waals surface area (Å²) in [5.74, 6) is -0.360. The van der Waals surface area contributed by atoms with Crippen LogP contribution in [0.4, 0.5) is 0 Å². The van der Waals surface area contributed by atoms with Crippen LogP contribution in [0.25, 0.3) is 0 Å². The van der Waals surface area contributed by atoms with Gasteiger partial charge in [0.2, 0.25) is 15.9 Å². The minimum absolute atomic E-state index is 0.0688. The van der Waals surface area contributed by atoms with Gasteiger partial charge in [-0.15, -0.1) is 0 Å². The van der Waals surface area contributed by atoms with Crippen LogP contribution < -0.4 is 10.0 Å². The van der Waals surface area contributed by atoms with Crippen molar-refractivity contribution in [2.45, 2.75) is 37.6 Å². The zero-order valence-electron chi connectivity index (χ0n) is 12.1. The number of hydrogen-bond acceptors (Lipinski definition) is 4. The molecule has 0 saturated heterocycles. The van der Waals surface area contributed by atoms with Gasteiger partial charge in [0.1, 0.15) is 0 Å².